The van der Waals surface area contributed by atoms with Crippen molar-refractivity contribution in [1.29, 1.82) is 0 Å². The molecule has 0 atom stereocenters. The molecule has 6 heteroatoms. The Labute approximate surface area is 553 Å². The summed E-state index contributed by atoms with van der Waals surface area (Å²) in [6, 6.07) is 113. The van der Waals surface area contributed by atoms with Crippen molar-refractivity contribution >= 4 is 163 Å². The van der Waals surface area contributed by atoms with Crippen molar-refractivity contribution in [3.8, 4) is 77.9 Å². The first-order valence-corrected chi connectivity index (χ1v) is 33.9. The third-order valence-corrected chi connectivity index (χ3v) is 23.2. The second-order valence-corrected chi connectivity index (χ2v) is 27.5. The fraction of sp³-hybridized carbons (Fsp3) is 0. The largest absolute Gasteiger partial charge is 0.311 e. The molecule has 3 nitrogen and oxygen atoms in total. The lowest BCUT2D eigenvalue weighted by Crippen LogP contribution is -2.52. The van der Waals surface area contributed by atoms with Gasteiger partial charge in [-0.3, -0.25) is 0 Å². The van der Waals surface area contributed by atoms with E-state index in [1.54, 1.807) is 0 Å². The highest BCUT2D eigenvalue weighted by Crippen LogP contribution is 2.50. The van der Waals surface area contributed by atoms with Gasteiger partial charge in [-0.2, -0.15) is 0 Å². The number of benzene rings is 15. The summed E-state index contributed by atoms with van der Waals surface area (Å²) in [4.78, 5) is 2.48. The van der Waals surface area contributed by atoms with Gasteiger partial charge in [0.2, 0.25) is 20.1 Å². The minimum atomic E-state index is 0.299. The third kappa shape index (κ3) is 6.04. The Balaban J connectivity index is 0.0000000885. The van der Waals surface area contributed by atoms with E-state index in [4.69, 9.17) is 0 Å². The van der Waals surface area contributed by atoms with Crippen LogP contribution >= 0.6 is 0 Å². The zero-order chi connectivity index (χ0) is 61.9. The molecule has 15 aromatic carbocycles. The minimum Gasteiger partial charge on any atom is -0.311 e. The maximum absolute atomic E-state index is 2.60. The van der Waals surface area contributed by atoms with Gasteiger partial charge in [-0.05, 0) is 147 Å². The monoisotopic (exact) mass is 1210 g/mol. The lowest BCUT2D eigenvalue weighted by atomic mass is 9.37. The van der Waals surface area contributed by atoms with Crippen LogP contribution < -0.4 is 54.1 Å². The van der Waals surface area contributed by atoms with Gasteiger partial charge in [-0.1, -0.05) is 283 Å². The van der Waals surface area contributed by atoms with Gasteiger partial charge in [-0.25, -0.2) is 0 Å². The normalized spacial score (nSPS) is 13.5. The standard InChI is InChI=1S/2C30H16BN.C30H18BN/c1-2-8-17(9-3-1)22-16-23-18-10-4-5-14-24(18)31-25-15-7-12-20-19-11-6-13-21-26(22)30(27(23)31)32(28(19)21)29(20)25;1-2-8-17(9-3-1)22-16-23-20-12-6-11-18-19-13-7-15-25-29(19)32(28(18)20)30(23)27-26(22)21-10-4-5-14-24(21)31(25)27;1-2-8-19(9-3-1)20-10-4-11-21(18-20)32-26-16-6-14-24-22-12-5-13-23-25-15-7-17-27(32)30(25)31(28(22)23)29(24)26/h2*1-16H;1-18H. The molecular formula is C90H50B3N3. The molecule has 4 aromatic heterocycles. The van der Waals surface area contributed by atoms with Crippen LogP contribution in [0.5, 0.6) is 0 Å². The van der Waals surface area contributed by atoms with Gasteiger partial charge in [0.1, 0.15) is 0 Å². The first kappa shape index (κ1) is 50.5. The first-order valence-electron chi connectivity index (χ1n) is 33.9. The summed E-state index contributed by atoms with van der Waals surface area (Å²) in [6.07, 6.45) is 0. The highest BCUT2D eigenvalue weighted by Gasteiger charge is 2.49. The van der Waals surface area contributed by atoms with E-state index in [0.717, 1.165) is 0 Å². The van der Waals surface area contributed by atoms with Crippen LogP contribution in [-0.2, 0) is 0 Å². The summed E-state index contributed by atoms with van der Waals surface area (Å²) in [5.41, 5.74) is 44.5. The smallest absolute Gasteiger partial charge is 0.249 e. The van der Waals surface area contributed by atoms with Crippen LogP contribution in [0.25, 0.3) is 154 Å². The SMILES string of the molecule is c1ccc(-c2cc3c4c5c2c2cccc6c7cccc(c7n5c62)B4c2ccccc2-3)cc1.c1ccc(-c2cc3c4cccc5c6cccc7c6n(c3c3c2-c2ccccc2B73)c54)cc1.c1ccc(-c2cccc(N3c4cccc5c4B4c6c-5cccc6-c5cccc3c54)c2)cc1. The second-order valence-electron chi connectivity index (χ2n) is 27.5. The molecular weight excluding hydrogens is 1160 g/mol. The number of rotatable bonds is 4. The zero-order valence-corrected chi connectivity index (χ0v) is 51.9. The van der Waals surface area contributed by atoms with E-state index in [1.807, 2.05) is 0 Å². The van der Waals surface area contributed by atoms with E-state index in [9.17, 15) is 0 Å². The first-order chi connectivity index (χ1) is 47.7. The molecule has 0 radical (unpaired) electrons. The highest BCUT2D eigenvalue weighted by molar-refractivity contribution is 7.05. The number of anilines is 3. The molecule has 0 aliphatic carbocycles. The summed E-state index contributed by atoms with van der Waals surface area (Å²) in [5, 5.41) is 11.0. The van der Waals surface area contributed by atoms with Crippen LogP contribution in [0.4, 0.5) is 17.1 Å². The van der Waals surface area contributed by atoms with E-state index in [0.29, 0.717) is 20.1 Å². The van der Waals surface area contributed by atoms with Crippen molar-refractivity contribution < 1.29 is 0 Å². The van der Waals surface area contributed by atoms with E-state index in [2.05, 4.69) is 317 Å². The van der Waals surface area contributed by atoms with Crippen molar-refractivity contribution in [1.82, 2.24) is 8.80 Å². The molecule has 11 heterocycles. The Morgan fingerprint density at radius 2 is 0.646 bits per heavy atom. The number of nitrogens with zero attached hydrogens (tertiary/aromatic N) is 3. The Morgan fingerprint density at radius 3 is 1.29 bits per heavy atom. The van der Waals surface area contributed by atoms with E-state index in [1.165, 1.54) is 220 Å². The van der Waals surface area contributed by atoms with Gasteiger partial charge in [0.05, 0.1) is 22.1 Å². The highest BCUT2D eigenvalue weighted by atomic mass is 15.2. The second kappa shape index (κ2) is 18.0. The fourth-order valence-electron chi connectivity index (χ4n) is 19.9. The number of hydrogen-bond donors (Lipinski definition) is 0. The van der Waals surface area contributed by atoms with E-state index in [-0.39, 0.29) is 0 Å². The molecule has 0 fully saturated rings. The predicted molar refractivity (Wildman–Crippen MR) is 409 cm³/mol. The molecule has 0 unspecified atom stereocenters. The number of para-hydroxylation sites is 4. The van der Waals surface area contributed by atoms with Crippen molar-refractivity contribution in [3.63, 3.8) is 0 Å². The minimum absolute atomic E-state index is 0.299. The summed E-state index contributed by atoms with van der Waals surface area (Å²) < 4.78 is 5.18. The topological polar surface area (TPSA) is 12.1 Å². The quantitative estimate of drug-likeness (QED) is 0.160. The fourth-order valence-corrected chi connectivity index (χ4v) is 19.9. The zero-order valence-electron chi connectivity index (χ0n) is 51.9. The van der Waals surface area contributed by atoms with Gasteiger partial charge in [0.15, 0.2) is 0 Å². The Morgan fingerprint density at radius 1 is 0.208 bits per heavy atom. The number of fused-ring (bicyclic) bond motifs is 14. The van der Waals surface area contributed by atoms with Crippen LogP contribution in [0.15, 0.2) is 303 Å². The Bertz CT molecular complexity index is 6640. The van der Waals surface area contributed by atoms with E-state index < -0.39 is 0 Å². The van der Waals surface area contributed by atoms with Crippen molar-refractivity contribution in [3.05, 3.63) is 303 Å². The Kier molecular flexibility index (Phi) is 9.44. The lowest BCUT2D eigenvalue weighted by molar-refractivity contribution is 1.30. The summed E-state index contributed by atoms with van der Waals surface area (Å²) in [5.74, 6) is 0. The lowest BCUT2D eigenvalue weighted by Gasteiger charge is -2.35. The number of hydrogen-bond acceptors (Lipinski definition) is 1. The van der Waals surface area contributed by atoms with Gasteiger partial charge in [0, 0.05) is 71.2 Å². The van der Waals surface area contributed by atoms with Gasteiger partial charge in [-0.15, -0.1) is 0 Å². The van der Waals surface area contributed by atoms with Crippen LogP contribution in [0.3, 0.4) is 0 Å². The van der Waals surface area contributed by atoms with Crippen LogP contribution in [-0.4, -0.2) is 28.9 Å². The van der Waals surface area contributed by atoms with Crippen LogP contribution in [0.1, 0.15) is 0 Å². The van der Waals surface area contributed by atoms with Gasteiger partial charge >= 0.3 is 0 Å². The van der Waals surface area contributed by atoms with E-state index >= 15 is 0 Å². The Hall–Kier alpha value is -12.1. The molecule has 0 amide bonds. The average molecular weight is 1210 g/mol. The average Bonchev–Trinajstić information content (AvgIpc) is 1.51. The maximum Gasteiger partial charge on any atom is 0.249 e. The molecule has 0 N–H and O–H groups in total. The molecule has 19 aromatic rings. The third-order valence-electron chi connectivity index (χ3n) is 23.2. The summed E-state index contributed by atoms with van der Waals surface area (Å²) >= 11 is 0. The molecule has 7 aliphatic rings. The molecule has 0 spiro atoms. The molecule has 7 aliphatic heterocycles. The van der Waals surface area contributed by atoms with Crippen LogP contribution in [0, 0.1) is 0 Å². The molecule has 0 saturated carbocycles. The molecule has 434 valence electrons. The van der Waals surface area contributed by atoms with Gasteiger partial charge in [0.25, 0.3) is 0 Å². The number of aromatic nitrogens is 2. The van der Waals surface area contributed by atoms with Crippen LogP contribution in [0.2, 0.25) is 0 Å². The van der Waals surface area contributed by atoms with Gasteiger partial charge < -0.3 is 13.7 Å². The molecule has 96 heavy (non-hydrogen) atoms. The molecule has 0 saturated heterocycles. The summed E-state index contributed by atoms with van der Waals surface area (Å²) in [6.45, 7) is 0.981. The predicted octanol–water partition coefficient (Wildman–Crippen LogP) is 16.2. The van der Waals surface area contributed by atoms with Crippen molar-refractivity contribution in [2.45, 2.75) is 0 Å². The maximum atomic E-state index is 2.60. The summed E-state index contributed by atoms with van der Waals surface area (Å²) in [7, 11) is 0. The van der Waals surface area contributed by atoms with Crippen molar-refractivity contribution in [2.24, 2.45) is 0 Å². The van der Waals surface area contributed by atoms with Crippen molar-refractivity contribution in [2.75, 3.05) is 4.90 Å². The molecule has 0 bridgehead atoms. The molecule has 26 rings (SSSR count).